The van der Waals surface area contributed by atoms with Gasteiger partial charge in [0.05, 0.1) is 13.0 Å². The van der Waals surface area contributed by atoms with Gasteiger partial charge >= 0.3 is 0 Å². The molecule has 6 heteroatoms. The molecule has 0 aromatic heterocycles. The number of nitrogens with one attached hydrogen (secondary N) is 1. The molecule has 0 unspecified atom stereocenters. The summed E-state index contributed by atoms with van der Waals surface area (Å²) in [4.78, 5) is 41.4. The van der Waals surface area contributed by atoms with Crippen molar-refractivity contribution >= 4 is 28.5 Å². The second kappa shape index (κ2) is 10.1. The van der Waals surface area contributed by atoms with Gasteiger partial charge < -0.3 is 15.1 Å². The van der Waals surface area contributed by atoms with Gasteiger partial charge in [0.2, 0.25) is 11.8 Å². The highest BCUT2D eigenvalue weighted by molar-refractivity contribution is 5.94. The van der Waals surface area contributed by atoms with Crippen molar-refractivity contribution in [2.75, 3.05) is 32.7 Å². The molecular weight excluding hydrogens is 402 g/mol. The molecule has 0 bridgehead atoms. The number of amides is 3. The number of carbonyl (C=O) groups is 3. The molecular formula is C26H27N3O3. The fourth-order valence-electron chi connectivity index (χ4n) is 4.10. The van der Waals surface area contributed by atoms with Gasteiger partial charge in [0, 0.05) is 31.7 Å². The first-order valence-corrected chi connectivity index (χ1v) is 11.0. The molecule has 0 atom stereocenters. The molecule has 6 nitrogen and oxygen atoms in total. The highest BCUT2D eigenvalue weighted by Crippen LogP contribution is 2.18. The van der Waals surface area contributed by atoms with E-state index in [0.717, 1.165) is 16.3 Å². The SMILES string of the molecule is O=C(Cc1cccc2ccccc12)NCC(=O)N1CCCN(C(=O)c2ccccc2)CC1. The summed E-state index contributed by atoms with van der Waals surface area (Å²) in [6.07, 6.45) is 0.947. The monoisotopic (exact) mass is 429 g/mol. The summed E-state index contributed by atoms with van der Waals surface area (Å²) >= 11 is 0. The lowest BCUT2D eigenvalue weighted by atomic mass is 10.0. The van der Waals surface area contributed by atoms with Crippen LogP contribution in [-0.2, 0) is 16.0 Å². The number of fused-ring (bicyclic) bond motifs is 1. The van der Waals surface area contributed by atoms with Crippen molar-refractivity contribution in [1.29, 1.82) is 0 Å². The fraction of sp³-hybridized carbons (Fsp3) is 0.269. The molecule has 4 rings (SSSR count). The number of hydrogen-bond donors (Lipinski definition) is 1. The van der Waals surface area contributed by atoms with Crippen LogP contribution in [0.25, 0.3) is 10.8 Å². The van der Waals surface area contributed by atoms with Gasteiger partial charge in [-0.2, -0.15) is 0 Å². The molecule has 1 aliphatic rings. The Morgan fingerprint density at radius 2 is 1.44 bits per heavy atom. The number of nitrogens with zero attached hydrogens (tertiary/aromatic N) is 2. The topological polar surface area (TPSA) is 69.7 Å². The standard InChI is InChI=1S/C26H27N3O3/c30-24(18-22-12-6-11-20-8-4-5-13-23(20)22)27-19-25(31)28-14-7-15-29(17-16-28)26(32)21-9-2-1-3-10-21/h1-6,8-13H,7,14-19H2,(H,27,30). The maximum atomic E-state index is 12.7. The first-order valence-electron chi connectivity index (χ1n) is 11.0. The summed E-state index contributed by atoms with van der Waals surface area (Å²) in [5.74, 6) is -0.307. The van der Waals surface area contributed by atoms with Gasteiger partial charge in [-0.1, -0.05) is 60.7 Å². The van der Waals surface area contributed by atoms with E-state index in [2.05, 4.69) is 5.32 Å². The Labute approximate surface area is 187 Å². The van der Waals surface area contributed by atoms with E-state index in [4.69, 9.17) is 0 Å². The van der Waals surface area contributed by atoms with Crippen molar-refractivity contribution in [3.05, 3.63) is 83.9 Å². The number of hydrogen-bond acceptors (Lipinski definition) is 3. The highest BCUT2D eigenvalue weighted by Gasteiger charge is 2.23. The van der Waals surface area contributed by atoms with Crippen molar-refractivity contribution in [2.24, 2.45) is 0 Å². The third-order valence-electron chi connectivity index (χ3n) is 5.82. The summed E-state index contributed by atoms with van der Waals surface area (Å²) in [6.45, 7) is 2.12. The molecule has 3 amide bonds. The van der Waals surface area contributed by atoms with Crippen LogP contribution in [-0.4, -0.2) is 60.2 Å². The van der Waals surface area contributed by atoms with Crippen molar-refractivity contribution < 1.29 is 14.4 Å². The van der Waals surface area contributed by atoms with Gasteiger partial charge in [-0.05, 0) is 34.9 Å². The maximum absolute atomic E-state index is 12.7. The van der Waals surface area contributed by atoms with Crippen molar-refractivity contribution in [3.63, 3.8) is 0 Å². The first kappa shape index (κ1) is 21.6. The third kappa shape index (κ3) is 5.14. The van der Waals surface area contributed by atoms with Crippen molar-refractivity contribution in [3.8, 4) is 0 Å². The lowest BCUT2D eigenvalue weighted by molar-refractivity contribution is -0.132. The van der Waals surface area contributed by atoms with E-state index in [-0.39, 0.29) is 30.7 Å². The van der Waals surface area contributed by atoms with Gasteiger partial charge in [0.25, 0.3) is 5.91 Å². The molecule has 1 aliphatic heterocycles. The van der Waals surface area contributed by atoms with E-state index in [0.29, 0.717) is 38.2 Å². The fourth-order valence-corrected chi connectivity index (χ4v) is 4.10. The second-order valence-electron chi connectivity index (χ2n) is 7.98. The Morgan fingerprint density at radius 3 is 2.28 bits per heavy atom. The van der Waals surface area contributed by atoms with Crippen LogP contribution in [0.4, 0.5) is 0 Å². The molecule has 0 aliphatic carbocycles. The van der Waals surface area contributed by atoms with Gasteiger partial charge in [-0.15, -0.1) is 0 Å². The second-order valence-corrected chi connectivity index (χ2v) is 7.98. The van der Waals surface area contributed by atoms with Crippen LogP contribution in [0.2, 0.25) is 0 Å². The smallest absolute Gasteiger partial charge is 0.253 e. The zero-order chi connectivity index (χ0) is 22.3. The lowest BCUT2D eigenvalue weighted by Crippen LogP contribution is -2.42. The number of benzene rings is 3. The first-order chi connectivity index (χ1) is 15.6. The summed E-state index contributed by atoms with van der Waals surface area (Å²) in [5, 5.41) is 4.90. The van der Waals surface area contributed by atoms with E-state index < -0.39 is 0 Å². The quantitative estimate of drug-likeness (QED) is 0.678. The summed E-state index contributed by atoms with van der Waals surface area (Å²) < 4.78 is 0. The van der Waals surface area contributed by atoms with E-state index in [1.807, 2.05) is 72.8 Å². The van der Waals surface area contributed by atoms with E-state index >= 15 is 0 Å². The Balaban J connectivity index is 1.28. The maximum Gasteiger partial charge on any atom is 0.253 e. The summed E-state index contributed by atoms with van der Waals surface area (Å²) in [5.41, 5.74) is 1.60. The van der Waals surface area contributed by atoms with Gasteiger partial charge in [-0.3, -0.25) is 14.4 Å². The molecule has 3 aromatic rings. The molecule has 0 saturated carbocycles. The Kier molecular flexibility index (Phi) is 6.80. The Morgan fingerprint density at radius 1 is 0.750 bits per heavy atom. The third-order valence-corrected chi connectivity index (χ3v) is 5.82. The highest BCUT2D eigenvalue weighted by atomic mass is 16.2. The predicted molar refractivity (Wildman–Crippen MR) is 124 cm³/mol. The molecule has 1 N–H and O–H groups in total. The molecule has 0 spiro atoms. The summed E-state index contributed by atoms with van der Waals surface area (Å²) in [6, 6.07) is 23.0. The van der Waals surface area contributed by atoms with Crippen LogP contribution in [0.5, 0.6) is 0 Å². The van der Waals surface area contributed by atoms with Gasteiger partial charge in [-0.25, -0.2) is 0 Å². The predicted octanol–water partition coefficient (Wildman–Crippen LogP) is 2.87. The molecule has 3 aromatic carbocycles. The normalized spacial score (nSPS) is 14.1. The van der Waals surface area contributed by atoms with Gasteiger partial charge in [0.1, 0.15) is 0 Å². The van der Waals surface area contributed by atoms with Gasteiger partial charge in [0.15, 0.2) is 0 Å². The van der Waals surface area contributed by atoms with Crippen LogP contribution >= 0.6 is 0 Å². The zero-order valence-corrected chi connectivity index (χ0v) is 18.0. The van der Waals surface area contributed by atoms with Crippen molar-refractivity contribution in [2.45, 2.75) is 12.8 Å². The Bertz CT molecular complexity index is 1110. The molecule has 164 valence electrons. The summed E-state index contributed by atoms with van der Waals surface area (Å²) in [7, 11) is 0. The number of rotatable bonds is 5. The van der Waals surface area contributed by atoms with Crippen LogP contribution in [0.1, 0.15) is 22.3 Å². The lowest BCUT2D eigenvalue weighted by Gasteiger charge is -2.22. The van der Waals surface area contributed by atoms with Crippen LogP contribution < -0.4 is 5.32 Å². The molecule has 1 heterocycles. The average molecular weight is 430 g/mol. The van der Waals surface area contributed by atoms with Crippen LogP contribution in [0, 0.1) is 0 Å². The zero-order valence-electron chi connectivity index (χ0n) is 18.0. The largest absolute Gasteiger partial charge is 0.347 e. The average Bonchev–Trinajstić information content (AvgIpc) is 3.09. The van der Waals surface area contributed by atoms with E-state index in [1.165, 1.54) is 0 Å². The Hall–Kier alpha value is -3.67. The minimum Gasteiger partial charge on any atom is -0.347 e. The van der Waals surface area contributed by atoms with Crippen LogP contribution in [0.15, 0.2) is 72.8 Å². The number of carbonyl (C=O) groups excluding carboxylic acids is 3. The molecule has 1 fully saturated rings. The minimum absolute atomic E-state index is 0.0108. The minimum atomic E-state index is -0.176. The van der Waals surface area contributed by atoms with Crippen LogP contribution in [0.3, 0.4) is 0 Å². The molecule has 32 heavy (non-hydrogen) atoms. The van der Waals surface area contributed by atoms with E-state index in [1.54, 1.807) is 9.80 Å². The molecule has 0 radical (unpaired) electrons. The van der Waals surface area contributed by atoms with Crippen molar-refractivity contribution in [1.82, 2.24) is 15.1 Å². The van der Waals surface area contributed by atoms with E-state index in [9.17, 15) is 14.4 Å². The molecule has 1 saturated heterocycles.